The van der Waals surface area contributed by atoms with Gasteiger partial charge >= 0.3 is 6.18 Å². The van der Waals surface area contributed by atoms with Gasteiger partial charge in [0.2, 0.25) is 0 Å². The Kier molecular flexibility index (Phi) is 7.23. The highest BCUT2D eigenvalue weighted by atomic mass is 31.2. The van der Waals surface area contributed by atoms with E-state index in [1.807, 2.05) is 24.6 Å². The minimum atomic E-state index is -4.41. The molecule has 0 saturated heterocycles. The molecule has 0 radical (unpaired) electrons. The van der Waals surface area contributed by atoms with Crippen molar-refractivity contribution in [2.24, 2.45) is 0 Å². The molecule has 2 rings (SSSR count). The Labute approximate surface area is 163 Å². The Bertz CT molecular complexity index is 896. The smallest absolute Gasteiger partial charge is 0.301 e. The molecule has 0 spiro atoms. The van der Waals surface area contributed by atoms with Crippen molar-refractivity contribution in [1.82, 2.24) is 4.67 Å². The van der Waals surface area contributed by atoms with Gasteiger partial charge in [-0.25, -0.2) is 4.67 Å². The number of nitrogens with zero attached hydrogens (tertiary/aromatic N) is 2. The van der Waals surface area contributed by atoms with Crippen molar-refractivity contribution in [3.8, 4) is 6.07 Å². The van der Waals surface area contributed by atoms with Gasteiger partial charge in [0, 0.05) is 24.0 Å². The Hall–Kier alpha value is -2.35. The molecular formula is C21H22F3N2OP. The van der Waals surface area contributed by atoms with Crippen molar-refractivity contribution < 1.29 is 17.7 Å². The molecule has 0 aliphatic rings. The molecule has 0 saturated carbocycles. The van der Waals surface area contributed by atoms with Crippen LogP contribution in [0.15, 0.2) is 60.2 Å². The second kappa shape index (κ2) is 9.23. The van der Waals surface area contributed by atoms with E-state index in [4.69, 9.17) is 0 Å². The minimum Gasteiger partial charge on any atom is -0.301 e. The summed E-state index contributed by atoms with van der Waals surface area (Å²) in [5, 5.41) is 10.2. The number of nitriles is 1. The molecule has 0 N–H and O–H groups in total. The Morgan fingerprint density at radius 1 is 1.07 bits per heavy atom. The van der Waals surface area contributed by atoms with E-state index >= 15 is 0 Å². The molecule has 0 aliphatic carbocycles. The SMILES string of the molecule is CCN(CC)P(=O)(C/C(C#N)=C\c1ccc(C(F)(F)F)cc1)c1ccccc1. The van der Waals surface area contributed by atoms with Crippen LogP contribution in [0, 0.1) is 11.3 Å². The van der Waals surface area contributed by atoms with E-state index in [1.54, 1.807) is 24.3 Å². The third-order valence-corrected chi connectivity index (χ3v) is 7.81. The van der Waals surface area contributed by atoms with E-state index < -0.39 is 19.0 Å². The first-order chi connectivity index (χ1) is 13.2. The molecular weight excluding hydrogens is 384 g/mol. The van der Waals surface area contributed by atoms with E-state index in [-0.39, 0.29) is 11.7 Å². The number of allylic oxidation sites excluding steroid dienone is 1. The van der Waals surface area contributed by atoms with Crippen LogP contribution in [0.25, 0.3) is 6.08 Å². The summed E-state index contributed by atoms with van der Waals surface area (Å²) in [4.78, 5) is 0. The largest absolute Gasteiger partial charge is 0.416 e. The van der Waals surface area contributed by atoms with Crippen molar-refractivity contribution in [1.29, 1.82) is 5.26 Å². The Morgan fingerprint density at radius 3 is 2.11 bits per heavy atom. The lowest BCUT2D eigenvalue weighted by atomic mass is 10.1. The summed E-state index contributed by atoms with van der Waals surface area (Å²) < 4.78 is 53.9. The highest BCUT2D eigenvalue weighted by Gasteiger charge is 2.32. The predicted molar refractivity (Wildman–Crippen MR) is 107 cm³/mol. The molecule has 0 aromatic heterocycles. The van der Waals surface area contributed by atoms with Crippen molar-refractivity contribution in [3.05, 3.63) is 71.3 Å². The highest BCUT2D eigenvalue weighted by molar-refractivity contribution is 7.69. The number of hydrogen-bond donors (Lipinski definition) is 0. The molecule has 3 nitrogen and oxygen atoms in total. The van der Waals surface area contributed by atoms with E-state index in [9.17, 15) is 23.0 Å². The van der Waals surface area contributed by atoms with Crippen molar-refractivity contribution in [2.75, 3.05) is 19.3 Å². The lowest BCUT2D eigenvalue weighted by Crippen LogP contribution is -2.28. The highest BCUT2D eigenvalue weighted by Crippen LogP contribution is 2.49. The molecule has 2 aromatic carbocycles. The average Bonchev–Trinajstić information content (AvgIpc) is 2.68. The number of hydrogen-bond acceptors (Lipinski definition) is 2. The van der Waals surface area contributed by atoms with E-state index in [1.165, 1.54) is 18.2 Å². The molecule has 0 fully saturated rings. The second-order valence-electron chi connectivity index (χ2n) is 6.24. The lowest BCUT2D eigenvalue weighted by Gasteiger charge is -2.30. The molecule has 28 heavy (non-hydrogen) atoms. The van der Waals surface area contributed by atoms with Crippen LogP contribution in [0.1, 0.15) is 25.0 Å². The van der Waals surface area contributed by atoms with Crippen LogP contribution in [0.2, 0.25) is 0 Å². The fourth-order valence-corrected chi connectivity index (χ4v) is 5.89. The summed E-state index contributed by atoms with van der Waals surface area (Å²) in [6.07, 6.45) is -2.89. The van der Waals surface area contributed by atoms with Gasteiger partial charge in [-0.05, 0) is 23.8 Å². The predicted octanol–water partition coefficient (Wildman–Crippen LogP) is 5.56. The molecule has 2 aromatic rings. The molecule has 1 unspecified atom stereocenters. The zero-order valence-electron chi connectivity index (χ0n) is 15.8. The van der Waals surface area contributed by atoms with Gasteiger partial charge in [-0.1, -0.05) is 56.3 Å². The van der Waals surface area contributed by atoms with Gasteiger partial charge < -0.3 is 4.57 Å². The van der Waals surface area contributed by atoms with Gasteiger partial charge in [0.1, 0.15) is 0 Å². The Morgan fingerprint density at radius 2 is 1.64 bits per heavy atom. The standard InChI is InChI=1S/C21H22F3N2OP/c1-3-26(4-2)28(27,20-8-6-5-7-9-20)16-18(15-25)14-17-10-12-19(13-11-17)21(22,23)24/h5-14H,3-4,16H2,1-2H3/b18-14-. The number of benzene rings is 2. The molecule has 0 aliphatic heterocycles. The number of rotatable bonds is 7. The average molecular weight is 406 g/mol. The van der Waals surface area contributed by atoms with Crippen molar-refractivity contribution in [3.63, 3.8) is 0 Å². The summed E-state index contributed by atoms with van der Waals surface area (Å²) in [5.41, 5.74) is -0.0243. The maximum atomic E-state index is 13.9. The summed E-state index contributed by atoms with van der Waals surface area (Å²) >= 11 is 0. The summed E-state index contributed by atoms with van der Waals surface area (Å²) in [7, 11) is -3.07. The first-order valence-corrected chi connectivity index (χ1v) is 10.8. The monoisotopic (exact) mass is 406 g/mol. The van der Waals surface area contributed by atoms with Crippen LogP contribution >= 0.6 is 7.29 Å². The van der Waals surface area contributed by atoms with E-state index in [0.717, 1.165) is 12.1 Å². The van der Waals surface area contributed by atoms with Crippen LogP contribution in [0.3, 0.4) is 0 Å². The van der Waals surface area contributed by atoms with Gasteiger partial charge in [-0.2, -0.15) is 18.4 Å². The molecule has 0 heterocycles. The summed E-state index contributed by atoms with van der Waals surface area (Å²) in [6, 6.07) is 15.6. The Balaban J connectivity index is 2.40. The molecule has 0 amide bonds. The third-order valence-electron chi connectivity index (χ3n) is 4.45. The summed E-state index contributed by atoms with van der Waals surface area (Å²) in [5.74, 6) is 0. The van der Waals surface area contributed by atoms with E-state index in [2.05, 4.69) is 6.07 Å². The van der Waals surface area contributed by atoms with Gasteiger partial charge in [0.25, 0.3) is 0 Å². The maximum Gasteiger partial charge on any atom is 0.416 e. The van der Waals surface area contributed by atoms with Crippen LogP contribution < -0.4 is 5.30 Å². The normalized spacial score (nSPS) is 14.5. The van der Waals surface area contributed by atoms with Crippen LogP contribution in [-0.2, 0) is 10.7 Å². The third kappa shape index (κ3) is 5.13. The number of alkyl halides is 3. The van der Waals surface area contributed by atoms with Gasteiger partial charge in [0.05, 0.1) is 17.8 Å². The molecule has 0 bridgehead atoms. The van der Waals surface area contributed by atoms with Gasteiger partial charge in [0.15, 0.2) is 7.29 Å². The quantitative estimate of drug-likeness (QED) is 0.447. The zero-order valence-corrected chi connectivity index (χ0v) is 16.7. The van der Waals surface area contributed by atoms with Crippen LogP contribution in [0.4, 0.5) is 13.2 Å². The fourth-order valence-electron chi connectivity index (χ4n) is 3.01. The first-order valence-electron chi connectivity index (χ1n) is 8.92. The molecule has 148 valence electrons. The number of halogens is 3. The lowest BCUT2D eigenvalue weighted by molar-refractivity contribution is -0.137. The summed E-state index contributed by atoms with van der Waals surface area (Å²) in [6.45, 7) is 4.93. The van der Waals surface area contributed by atoms with Gasteiger partial charge in [-0.3, -0.25) is 0 Å². The second-order valence-corrected chi connectivity index (χ2v) is 9.04. The molecule has 1 atom stereocenters. The topological polar surface area (TPSA) is 44.1 Å². The van der Waals surface area contributed by atoms with Gasteiger partial charge in [-0.15, -0.1) is 0 Å². The maximum absolute atomic E-state index is 13.9. The zero-order chi connectivity index (χ0) is 20.8. The first kappa shape index (κ1) is 21.9. The minimum absolute atomic E-state index is 0.0240. The van der Waals surface area contributed by atoms with Crippen LogP contribution in [-0.4, -0.2) is 23.9 Å². The molecule has 7 heteroatoms. The van der Waals surface area contributed by atoms with Crippen LogP contribution in [0.5, 0.6) is 0 Å². The van der Waals surface area contributed by atoms with Crippen molar-refractivity contribution >= 4 is 18.7 Å². The van der Waals surface area contributed by atoms with Crippen molar-refractivity contribution in [2.45, 2.75) is 20.0 Å². The fraction of sp³-hybridized carbons (Fsp3) is 0.286. The van der Waals surface area contributed by atoms with E-state index in [0.29, 0.717) is 24.0 Å².